The fraction of sp³-hybridized carbons (Fsp3) is 0.235. The van der Waals surface area contributed by atoms with E-state index >= 15 is 0 Å². The van der Waals surface area contributed by atoms with Gasteiger partial charge in [0.15, 0.2) is 0 Å². The summed E-state index contributed by atoms with van der Waals surface area (Å²) in [4.78, 5) is 4.78. The Bertz CT molecular complexity index is 759. The van der Waals surface area contributed by atoms with E-state index in [2.05, 4.69) is 48.7 Å². The molecule has 0 radical (unpaired) electrons. The highest BCUT2D eigenvalue weighted by Crippen LogP contribution is 2.27. The Hall–Kier alpha value is -1.80. The first kappa shape index (κ1) is 13.2. The first-order chi connectivity index (χ1) is 9.69. The molecule has 2 aromatic carbocycles. The molecule has 0 bridgehead atoms. The SMILES string of the molecule is CCCn1c(-c2cccc(C)c2)nc2cc(Cl)ccc21. The zero-order chi connectivity index (χ0) is 14.1. The van der Waals surface area contributed by atoms with E-state index in [4.69, 9.17) is 16.6 Å². The van der Waals surface area contributed by atoms with E-state index in [0.29, 0.717) is 0 Å². The van der Waals surface area contributed by atoms with Crippen LogP contribution in [0.5, 0.6) is 0 Å². The Balaban J connectivity index is 2.25. The van der Waals surface area contributed by atoms with Gasteiger partial charge in [0.1, 0.15) is 5.82 Å². The molecule has 3 rings (SSSR count). The third-order valence-corrected chi connectivity index (χ3v) is 3.67. The second-order valence-corrected chi connectivity index (χ2v) is 5.53. The summed E-state index contributed by atoms with van der Waals surface area (Å²) < 4.78 is 2.28. The lowest BCUT2D eigenvalue weighted by Gasteiger charge is -2.08. The molecule has 0 fully saturated rings. The zero-order valence-corrected chi connectivity index (χ0v) is 12.5. The van der Waals surface area contributed by atoms with Crippen molar-refractivity contribution in [1.82, 2.24) is 9.55 Å². The molecule has 3 heteroatoms. The maximum absolute atomic E-state index is 6.08. The van der Waals surface area contributed by atoms with Crippen molar-refractivity contribution in [3.63, 3.8) is 0 Å². The second-order valence-electron chi connectivity index (χ2n) is 5.09. The minimum absolute atomic E-state index is 0.731. The number of aromatic nitrogens is 2. The summed E-state index contributed by atoms with van der Waals surface area (Å²) in [7, 11) is 0. The molecule has 2 nitrogen and oxygen atoms in total. The standard InChI is InChI=1S/C17H17ClN2/c1-3-9-20-16-8-7-14(18)11-15(16)19-17(20)13-6-4-5-12(2)10-13/h4-8,10-11H,3,9H2,1-2H3. The molecule has 0 atom stereocenters. The van der Waals surface area contributed by atoms with E-state index in [1.807, 2.05) is 12.1 Å². The third-order valence-electron chi connectivity index (χ3n) is 3.43. The van der Waals surface area contributed by atoms with Gasteiger partial charge in [-0.3, -0.25) is 0 Å². The normalized spacial score (nSPS) is 11.2. The maximum Gasteiger partial charge on any atom is 0.141 e. The highest BCUT2D eigenvalue weighted by Gasteiger charge is 2.12. The van der Waals surface area contributed by atoms with Crippen LogP contribution in [0.3, 0.4) is 0 Å². The van der Waals surface area contributed by atoms with Crippen molar-refractivity contribution in [1.29, 1.82) is 0 Å². The number of halogens is 1. The van der Waals surface area contributed by atoms with Crippen molar-refractivity contribution in [3.8, 4) is 11.4 Å². The highest BCUT2D eigenvalue weighted by molar-refractivity contribution is 6.31. The molecule has 0 saturated carbocycles. The van der Waals surface area contributed by atoms with Gasteiger partial charge in [0, 0.05) is 17.1 Å². The van der Waals surface area contributed by atoms with Crippen LogP contribution in [0.1, 0.15) is 18.9 Å². The minimum Gasteiger partial charge on any atom is -0.324 e. The van der Waals surface area contributed by atoms with Crippen molar-refractivity contribution >= 4 is 22.6 Å². The fourth-order valence-electron chi connectivity index (χ4n) is 2.56. The number of hydrogen-bond donors (Lipinski definition) is 0. The van der Waals surface area contributed by atoms with Gasteiger partial charge in [-0.15, -0.1) is 0 Å². The second kappa shape index (κ2) is 5.29. The lowest BCUT2D eigenvalue weighted by atomic mass is 10.1. The zero-order valence-electron chi connectivity index (χ0n) is 11.7. The van der Waals surface area contributed by atoms with Crippen LogP contribution < -0.4 is 0 Å². The van der Waals surface area contributed by atoms with Gasteiger partial charge in [-0.05, 0) is 37.6 Å². The molecule has 0 aliphatic carbocycles. The van der Waals surface area contributed by atoms with Gasteiger partial charge < -0.3 is 4.57 Å². The minimum atomic E-state index is 0.731. The first-order valence-electron chi connectivity index (χ1n) is 6.92. The molecule has 0 aliphatic rings. The molecule has 0 saturated heterocycles. The maximum atomic E-state index is 6.08. The third kappa shape index (κ3) is 2.32. The molecular weight excluding hydrogens is 268 g/mol. The van der Waals surface area contributed by atoms with Gasteiger partial charge in [0.05, 0.1) is 11.0 Å². The Morgan fingerprint density at radius 1 is 1.15 bits per heavy atom. The molecule has 0 amide bonds. The number of rotatable bonds is 3. The Kier molecular flexibility index (Phi) is 3.49. The van der Waals surface area contributed by atoms with Gasteiger partial charge in [-0.25, -0.2) is 4.98 Å². The average Bonchev–Trinajstić information content (AvgIpc) is 2.77. The summed E-state index contributed by atoms with van der Waals surface area (Å²) in [6.45, 7) is 5.25. The molecule has 0 unspecified atom stereocenters. The Morgan fingerprint density at radius 3 is 2.75 bits per heavy atom. The van der Waals surface area contributed by atoms with Gasteiger partial charge in [0.25, 0.3) is 0 Å². The van der Waals surface area contributed by atoms with Gasteiger partial charge >= 0.3 is 0 Å². The van der Waals surface area contributed by atoms with E-state index in [1.54, 1.807) is 0 Å². The quantitative estimate of drug-likeness (QED) is 0.656. The van der Waals surface area contributed by atoms with Gasteiger partial charge in [-0.2, -0.15) is 0 Å². The number of imidazole rings is 1. The van der Waals surface area contributed by atoms with E-state index in [1.165, 1.54) is 5.56 Å². The van der Waals surface area contributed by atoms with E-state index in [0.717, 1.165) is 40.4 Å². The summed E-state index contributed by atoms with van der Waals surface area (Å²) in [5.41, 5.74) is 4.51. The highest BCUT2D eigenvalue weighted by atomic mass is 35.5. The Morgan fingerprint density at radius 2 is 2.00 bits per heavy atom. The first-order valence-corrected chi connectivity index (χ1v) is 7.29. The van der Waals surface area contributed by atoms with Crippen LogP contribution in [0.25, 0.3) is 22.4 Å². The van der Waals surface area contributed by atoms with Crippen molar-refractivity contribution in [2.45, 2.75) is 26.8 Å². The number of hydrogen-bond acceptors (Lipinski definition) is 1. The van der Waals surface area contributed by atoms with Crippen LogP contribution in [0.15, 0.2) is 42.5 Å². The van der Waals surface area contributed by atoms with E-state index < -0.39 is 0 Å². The topological polar surface area (TPSA) is 17.8 Å². The summed E-state index contributed by atoms with van der Waals surface area (Å²) in [5.74, 6) is 1.02. The molecule has 0 aliphatic heterocycles. The van der Waals surface area contributed by atoms with Crippen molar-refractivity contribution in [2.75, 3.05) is 0 Å². The average molecular weight is 285 g/mol. The molecule has 0 spiro atoms. The number of aryl methyl sites for hydroxylation is 2. The molecule has 0 N–H and O–H groups in total. The van der Waals surface area contributed by atoms with Crippen LogP contribution >= 0.6 is 11.6 Å². The van der Waals surface area contributed by atoms with Crippen LogP contribution in [-0.2, 0) is 6.54 Å². The largest absolute Gasteiger partial charge is 0.324 e. The summed E-state index contributed by atoms with van der Waals surface area (Å²) in [5, 5.41) is 0.731. The van der Waals surface area contributed by atoms with Crippen molar-refractivity contribution in [2.24, 2.45) is 0 Å². The van der Waals surface area contributed by atoms with Crippen LogP contribution in [-0.4, -0.2) is 9.55 Å². The van der Waals surface area contributed by atoms with Crippen molar-refractivity contribution < 1.29 is 0 Å². The van der Waals surface area contributed by atoms with Crippen LogP contribution in [0.4, 0.5) is 0 Å². The monoisotopic (exact) mass is 284 g/mol. The Labute approximate surface area is 124 Å². The van der Waals surface area contributed by atoms with Crippen molar-refractivity contribution in [3.05, 3.63) is 53.1 Å². The van der Waals surface area contributed by atoms with Crippen LogP contribution in [0, 0.1) is 6.92 Å². The van der Waals surface area contributed by atoms with Gasteiger partial charge in [-0.1, -0.05) is 42.3 Å². The predicted octanol–water partition coefficient (Wildman–Crippen LogP) is 5.08. The van der Waals surface area contributed by atoms with E-state index in [-0.39, 0.29) is 0 Å². The lowest BCUT2D eigenvalue weighted by Crippen LogP contribution is -1.99. The smallest absolute Gasteiger partial charge is 0.141 e. The fourth-order valence-corrected chi connectivity index (χ4v) is 2.72. The summed E-state index contributed by atoms with van der Waals surface area (Å²) in [6.07, 6.45) is 1.08. The number of fused-ring (bicyclic) bond motifs is 1. The number of benzene rings is 2. The lowest BCUT2D eigenvalue weighted by molar-refractivity contribution is 0.704. The molecule has 102 valence electrons. The summed E-state index contributed by atoms with van der Waals surface area (Å²) in [6, 6.07) is 14.4. The molecule has 1 heterocycles. The van der Waals surface area contributed by atoms with Crippen LogP contribution in [0.2, 0.25) is 5.02 Å². The molecule has 1 aromatic heterocycles. The summed E-state index contributed by atoms with van der Waals surface area (Å²) >= 11 is 6.08. The number of nitrogens with zero attached hydrogens (tertiary/aromatic N) is 2. The van der Waals surface area contributed by atoms with Gasteiger partial charge in [0.2, 0.25) is 0 Å². The molecule has 3 aromatic rings. The molecule has 20 heavy (non-hydrogen) atoms. The predicted molar refractivity (Wildman–Crippen MR) is 85.2 cm³/mol. The molecular formula is C17H17ClN2. The van der Waals surface area contributed by atoms with E-state index in [9.17, 15) is 0 Å².